The summed E-state index contributed by atoms with van der Waals surface area (Å²) >= 11 is 0. The van der Waals surface area contributed by atoms with Crippen molar-refractivity contribution in [3.8, 4) is 0 Å². The molecule has 6 bridgehead atoms. The fraction of sp³-hybridized carbons (Fsp3) is 0.750. The molecular weight excluding hydrogens is 776 g/mol. The number of fused-ring (bicyclic) bond motifs is 5. The summed E-state index contributed by atoms with van der Waals surface area (Å²) in [6.07, 6.45) is -4.65. The van der Waals surface area contributed by atoms with Gasteiger partial charge in [0.25, 0.3) is 5.91 Å². The number of likely N-dealkylation sites (N-methyl/N-ethyl adjacent to an activating group) is 1. The molecule has 5 saturated heterocycles. The van der Waals surface area contributed by atoms with E-state index >= 15 is 0 Å². The quantitative estimate of drug-likeness (QED) is 0.271. The Kier molecular flexibility index (Phi) is 14.3. The smallest absolute Gasteiger partial charge is 0.411 e. The fourth-order valence-corrected chi connectivity index (χ4v) is 10.2. The number of cyclic esters (lactones) is 1. The Morgan fingerprint density at radius 2 is 1.77 bits per heavy atom. The number of ether oxygens (including phenoxy) is 6. The molecule has 2 N–H and O–H groups in total. The van der Waals surface area contributed by atoms with E-state index in [1.54, 1.807) is 20.8 Å². The van der Waals surface area contributed by atoms with Crippen molar-refractivity contribution in [2.45, 2.75) is 141 Å². The van der Waals surface area contributed by atoms with Gasteiger partial charge in [-0.15, -0.1) is 0 Å². The van der Waals surface area contributed by atoms with Crippen LogP contribution in [0.4, 0.5) is 4.79 Å². The first-order valence-corrected chi connectivity index (χ1v) is 21.5. The van der Waals surface area contributed by atoms with Gasteiger partial charge in [-0.1, -0.05) is 63.2 Å². The van der Waals surface area contributed by atoms with Crippen LogP contribution in [-0.4, -0.2) is 145 Å². The number of Topliss-reactive ketones (excluding diaryl/α,β-unsaturated/α-hetero) is 1. The van der Waals surface area contributed by atoms with Crippen molar-refractivity contribution < 1.29 is 57.5 Å². The number of nitrogens with one attached hydrogen (secondary N) is 1. The second kappa shape index (κ2) is 18.7. The predicted molar refractivity (Wildman–Crippen MR) is 218 cm³/mol. The van der Waals surface area contributed by atoms with E-state index in [4.69, 9.17) is 33.3 Å². The molecule has 1 aromatic carbocycles. The Morgan fingerprint density at radius 3 is 2.45 bits per heavy atom. The average Bonchev–Trinajstić information content (AvgIpc) is 3.48. The van der Waals surface area contributed by atoms with Crippen LogP contribution in [0, 0.1) is 29.6 Å². The van der Waals surface area contributed by atoms with Gasteiger partial charge in [0, 0.05) is 36.3 Å². The second-order valence-corrected chi connectivity index (χ2v) is 18.3. The van der Waals surface area contributed by atoms with Gasteiger partial charge in [-0.3, -0.25) is 19.3 Å². The van der Waals surface area contributed by atoms with E-state index in [9.17, 15) is 24.3 Å². The van der Waals surface area contributed by atoms with Gasteiger partial charge in [0.15, 0.2) is 18.5 Å². The maximum atomic E-state index is 14.8. The minimum absolute atomic E-state index is 0.0216. The van der Waals surface area contributed by atoms with E-state index in [1.165, 1.54) is 4.90 Å². The Labute approximate surface area is 353 Å². The number of aliphatic hydroxyl groups excluding tert-OH is 1. The molecule has 0 aliphatic carbocycles. The van der Waals surface area contributed by atoms with E-state index in [1.807, 2.05) is 83.9 Å². The second-order valence-electron chi connectivity index (χ2n) is 18.3. The molecule has 0 aromatic heterocycles. The highest BCUT2D eigenvalue weighted by molar-refractivity contribution is 5.92. The van der Waals surface area contributed by atoms with Crippen LogP contribution in [0.2, 0.25) is 0 Å². The number of esters is 1. The van der Waals surface area contributed by atoms with Crippen LogP contribution in [0.15, 0.2) is 35.5 Å². The number of ketones is 1. The SMILES string of the molecule is CC[C@H]1OC(=O)[C@H](C)[C@H]2OCC3COC(C)(C[C@@H](C)C(=O)[C@H](C)[C@@H]4N(C/C3=N/OCC(=O)NCc3ccccc3)C(=O)OC41C)[C@H](O[C@@H]1O[C@H](C)C[C@H](N(C)C)[C@H]1O)[C@H]2C. The van der Waals surface area contributed by atoms with Crippen molar-refractivity contribution in [1.29, 1.82) is 0 Å². The highest BCUT2D eigenvalue weighted by Crippen LogP contribution is 2.45. The Morgan fingerprint density at radius 1 is 1.05 bits per heavy atom. The normalized spacial score (nSPS) is 40.9. The zero-order valence-corrected chi connectivity index (χ0v) is 36.8. The van der Waals surface area contributed by atoms with E-state index in [-0.39, 0.29) is 50.5 Å². The standard InChI is InChI=1S/C44H66N4O12/c1-11-33-44(8)38-26(4)35(50)24(2)18-43(7)39(59-41-36(51)32(47(9)10)17-25(3)57-41)27(5)37(28(6)40(52)58-33)54-21-30(22-55-43)31(20-48(38)42(53)60-44)46-56-23-34(49)45-19-29-15-13-12-14-16-29/h12-16,24-28,30,32-33,36-39,41,51H,11,17-23H2,1-10H3,(H,45,49)/b46-31-/t24-,25-,26+,27+,28-,30?,32+,33-,36-,37+,38+,39-,41+,43?,44?/m1/s1. The third kappa shape index (κ3) is 9.38. The van der Waals surface area contributed by atoms with Crippen molar-refractivity contribution in [2.24, 2.45) is 34.7 Å². The molecule has 0 spiro atoms. The average molecular weight is 843 g/mol. The van der Waals surface area contributed by atoms with E-state index in [2.05, 4.69) is 10.5 Å². The topological polar surface area (TPSA) is 184 Å². The molecule has 5 aliphatic rings. The summed E-state index contributed by atoms with van der Waals surface area (Å²) in [5.74, 6) is -4.68. The van der Waals surface area contributed by atoms with Crippen LogP contribution < -0.4 is 5.32 Å². The lowest BCUT2D eigenvalue weighted by atomic mass is 9.73. The lowest BCUT2D eigenvalue weighted by Gasteiger charge is -2.48. The first-order chi connectivity index (χ1) is 28.4. The minimum atomic E-state index is -1.43. The fourth-order valence-electron chi connectivity index (χ4n) is 10.2. The molecule has 16 heteroatoms. The van der Waals surface area contributed by atoms with Crippen LogP contribution in [0.3, 0.4) is 0 Å². The third-order valence-corrected chi connectivity index (χ3v) is 13.5. The number of carbonyl (C=O) groups excluding carboxylic acids is 4. The van der Waals surface area contributed by atoms with Crippen LogP contribution >= 0.6 is 0 Å². The molecule has 5 fully saturated rings. The van der Waals surface area contributed by atoms with Gasteiger partial charge >= 0.3 is 12.1 Å². The van der Waals surface area contributed by atoms with Crippen LogP contribution in [-0.2, 0) is 54.2 Å². The first kappa shape index (κ1) is 45.8. The number of amides is 2. The number of oxime groups is 1. The van der Waals surface area contributed by atoms with Gasteiger partial charge in [0.2, 0.25) is 0 Å². The largest absolute Gasteiger partial charge is 0.458 e. The predicted octanol–water partition coefficient (Wildman–Crippen LogP) is 3.71. The van der Waals surface area contributed by atoms with Gasteiger partial charge in [-0.05, 0) is 66.6 Å². The van der Waals surface area contributed by atoms with Gasteiger partial charge in [0.05, 0.1) is 61.3 Å². The summed E-state index contributed by atoms with van der Waals surface area (Å²) in [6, 6.07) is 8.31. The summed E-state index contributed by atoms with van der Waals surface area (Å²) in [5.41, 5.74) is -1.43. The summed E-state index contributed by atoms with van der Waals surface area (Å²) < 4.78 is 39.6. The summed E-state index contributed by atoms with van der Waals surface area (Å²) in [7, 11) is 3.80. The lowest BCUT2D eigenvalue weighted by Crippen LogP contribution is -2.61. The zero-order chi connectivity index (χ0) is 43.7. The first-order valence-electron chi connectivity index (χ1n) is 21.5. The summed E-state index contributed by atoms with van der Waals surface area (Å²) in [6.45, 7) is 14.4. The Balaban J connectivity index is 1.46. The highest BCUT2D eigenvalue weighted by atomic mass is 16.7. The van der Waals surface area contributed by atoms with Crippen molar-refractivity contribution in [3.63, 3.8) is 0 Å². The maximum absolute atomic E-state index is 14.8. The van der Waals surface area contributed by atoms with E-state index in [0.717, 1.165) is 5.56 Å². The Bertz CT molecular complexity index is 1730. The number of benzene rings is 1. The van der Waals surface area contributed by atoms with Crippen LogP contribution in [0.25, 0.3) is 0 Å². The van der Waals surface area contributed by atoms with Gasteiger partial charge in [-0.25, -0.2) is 4.79 Å². The monoisotopic (exact) mass is 842 g/mol. The number of carbonyl (C=O) groups is 4. The van der Waals surface area contributed by atoms with Crippen molar-refractivity contribution in [1.82, 2.24) is 15.1 Å². The third-order valence-electron chi connectivity index (χ3n) is 13.5. The summed E-state index contributed by atoms with van der Waals surface area (Å²) in [5, 5.41) is 19.1. The molecule has 0 saturated carbocycles. The van der Waals surface area contributed by atoms with Crippen molar-refractivity contribution >= 4 is 29.5 Å². The van der Waals surface area contributed by atoms with Crippen molar-refractivity contribution in [2.75, 3.05) is 40.5 Å². The van der Waals surface area contributed by atoms with Crippen LogP contribution in [0.1, 0.15) is 80.2 Å². The van der Waals surface area contributed by atoms with Gasteiger partial charge in [0.1, 0.15) is 18.0 Å². The lowest BCUT2D eigenvalue weighted by molar-refractivity contribution is -0.302. The number of rotatable bonds is 9. The summed E-state index contributed by atoms with van der Waals surface area (Å²) in [4.78, 5) is 65.5. The van der Waals surface area contributed by atoms with Crippen molar-refractivity contribution in [3.05, 3.63) is 35.9 Å². The zero-order valence-electron chi connectivity index (χ0n) is 36.8. The molecule has 16 nitrogen and oxygen atoms in total. The van der Waals surface area contributed by atoms with Gasteiger partial charge < -0.3 is 48.6 Å². The number of aliphatic hydroxyl groups is 1. The maximum Gasteiger partial charge on any atom is 0.411 e. The minimum Gasteiger partial charge on any atom is -0.458 e. The number of hydrogen-bond donors (Lipinski definition) is 2. The number of nitrogens with zero attached hydrogens (tertiary/aromatic N) is 3. The molecule has 5 aliphatic heterocycles. The van der Waals surface area contributed by atoms with Crippen LogP contribution in [0.5, 0.6) is 0 Å². The van der Waals surface area contributed by atoms with Gasteiger partial charge in [-0.2, -0.15) is 0 Å². The molecule has 6 rings (SSSR count). The van der Waals surface area contributed by atoms with E-state index < -0.39 is 102 Å². The molecule has 5 heterocycles. The molecular formula is C44H66N4O12. The highest BCUT2D eigenvalue weighted by Gasteiger charge is 2.61. The Hall–Kier alpha value is -3.67. The molecule has 15 atom stereocenters. The van der Waals surface area contributed by atoms with E-state index in [0.29, 0.717) is 18.7 Å². The molecule has 2 amide bonds. The number of hydrogen-bond acceptors (Lipinski definition) is 14. The molecule has 1 aromatic rings. The molecule has 60 heavy (non-hydrogen) atoms. The molecule has 0 radical (unpaired) electrons. The molecule has 334 valence electrons. The molecule has 3 unspecified atom stereocenters.